The molecule has 0 amide bonds. The van der Waals surface area contributed by atoms with Crippen molar-refractivity contribution in [3.05, 3.63) is 30.1 Å². The van der Waals surface area contributed by atoms with E-state index in [4.69, 9.17) is 10.4 Å². The molecule has 0 fully saturated rings. The number of sulfonamides is 1. The first kappa shape index (κ1) is 12.3. The lowest BCUT2D eigenvalue weighted by Gasteiger charge is -2.04. The summed E-state index contributed by atoms with van der Waals surface area (Å²) in [5.41, 5.74) is 2.88. The van der Waals surface area contributed by atoms with Gasteiger partial charge in [0.15, 0.2) is 0 Å². The summed E-state index contributed by atoms with van der Waals surface area (Å²) in [6.45, 7) is 1.69. The highest BCUT2D eigenvalue weighted by Crippen LogP contribution is 2.16. The summed E-state index contributed by atoms with van der Waals surface area (Å²) in [6.07, 6.45) is 1.18. The van der Waals surface area contributed by atoms with E-state index in [0.29, 0.717) is 11.5 Å². The minimum Gasteiger partial charge on any atom is -0.338 e. The number of nitrogens with two attached hydrogens (primary N) is 1. The SMILES string of the molecule is Cc1cc(NS(=O)(=O)c2ccc(NN)nc2)on1. The fraction of sp³-hybridized carbons (Fsp3) is 0.111. The Kier molecular flexibility index (Phi) is 3.17. The number of hydrazine groups is 1. The molecule has 2 heterocycles. The van der Waals surface area contributed by atoms with Gasteiger partial charge in [-0.25, -0.2) is 24.0 Å². The van der Waals surface area contributed by atoms with Crippen LogP contribution in [-0.4, -0.2) is 18.6 Å². The van der Waals surface area contributed by atoms with Crippen LogP contribution in [0.15, 0.2) is 33.8 Å². The normalized spacial score (nSPS) is 11.2. The number of aryl methyl sites for hydroxylation is 1. The van der Waals surface area contributed by atoms with Gasteiger partial charge in [-0.2, -0.15) is 0 Å². The van der Waals surface area contributed by atoms with E-state index in [1.807, 2.05) is 0 Å². The maximum absolute atomic E-state index is 11.9. The van der Waals surface area contributed by atoms with Crippen LogP contribution in [0.2, 0.25) is 0 Å². The van der Waals surface area contributed by atoms with E-state index in [-0.39, 0.29) is 10.8 Å². The van der Waals surface area contributed by atoms with Gasteiger partial charge in [0.2, 0.25) is 5.88 Å². The minimum absolute atomic E-state index is 0.00412. The zero-order chi connectivity index (χ0) is 13.2. The molecule has 2 aromatic rings. The zero-order valence-electron chi connectivity index (χ0n) is 9.41. The molecule has 2 aromatic heterocycles. The van der Waals surface area contributed by atoms with Gasteiger partial charge in [0, 0.05) is 12.3 Å². The van der Waals surface area contributed by atoms with Crippen molar-refractivity contribution in [1.29, 1.82) is 0 Å². The van der Waals surface area contributed by atoms with Crippen molar-refractivity contribution in [3.63, 3.8) is 0 Å². The first-order valence-electron chi connectivity index (χ1n) is 4.90. The predicted octanol–water partition coefficient (Wildman–Crippen LogP) is 0.464. The molecule has 0 aliphatic heterocycles. The maximum Gasteiger partial charge on any atom is 0.265 e. The fourth-order valence-corrected chi connectivity index (χ4v) is 2.15. The Balaban J connectivity index is 2.24. The van der Waals surface area contributed by atoms with Crippen molar-refractivity contribution in [2.24, 2.45) is 5.84 Å². The molecule has 4 N–H and O–H groups in total. The predicted molar refractivity (Wildman–Crippen MR) is 64.1 cm³/mol. The lowest BCUT2D eigenvalue weighted by atomic mass is 10.5. The Morgan fingerprint density at radius 3 is 2.67 bits per heavy atom. The van der Waals surface area contributed by atoms with E-state index in [2.05, 4.69) is 20.3 Å². The second kappa shape index (κ2) is 4.63. The zero-order valence-corrected chi connectivity index (χ0v) is 10.2. The Morgan fingerprint density at radius 1 is 1.39 bits per heavy atom. The van der Waals surface area contributed by atoms with Crippen molar-refractivity contribution in [3.8, 4) is 0 Å². The van der Waals surface area contributed by atoms with Crippen LogP contribution >= 0.6 is 0 Å². The fourth-order valence-electron chi connectivity index (χ4n) is 1.23. The van der Waals surface area contributed by atoms with Gasteiger partial charge >= 0.3 is 0 Å². The van der Waals surface area contributed by atoms with E-state index in [9.17, 15) is 8.42 Å². The minimum atomic E-state index is -3.74. The number of anilines is 2. The molecule has 96 valence electrons. The van der Waals surface area contributed by atoms with Crippen LogP contribution in [0.25, 0.3) is 0 Å². The Bertz CT molecular complexity index is 634. The lowest BCUT2D eigenvalue weighted by Crippen LogP contribution is -2.14. The van der Waals surface area contributed by atoms with Crippen molar-refractivity contribution in [1.82, 2.24) is 10.1 Å². The topological polar surface area (TPSA) is 123 Å². The molecule has 0 unspecified atom stereocenters. The van der Waals surface area contributed by atoms with Gasteiger partial charge in [0.1, 0.15) is 10.7 Å². The highest BCUT2D eigenvalue weighted by atomic mass is 32.2. The van der Waals surface area contributed by atoms with E-state index in [1.54, 1.807) is 6.92 Å². The summed E-state index contributed by atoms with van der Waals surface area (Å²) in [6, 6.07) is 4.29. The van der Waals surface area contributed by atoms with E-state index in [1.165, 1.54) is 24.4 Å². The van der Waals surface area contributed by atoms with Gasteiger partial charge in [-0.1, -0.05) is 5.16 Å². The van der Waals surface area contributed by atoms with Gasteiger partial charge < -0.3 is 9.95 Å². The van der Waals surface area contributed by atoms with Crippen LogP contribution in [0.1, 0.15) is 5.69 Å². The number of pyridine rings is 1. The Hall–Kier alpha value is -2.13. The standard InChI is InChI=1S/C9H11N5O3S/c1-6-4-9(17-13-6)14-18(15,16)7-2-3-8(12-10)11-5-7/h2-5,14H,10H2,1H3,(H,11,12). The van der Waals surface area contributed by atoms with Crippen LogP contribution < -0.4 is 16.0 Å². The summed E-state index contributed by atoms with van der Waals surface area (Å²) < 4.78 is 30.9. The molecule has 18 heavy (non-hydrogen) atoms. The van der Waals surface area contributed by atoms with Crippen molar-refractivity contribution >= 4 is 21.7 Å². The molecule has 0 aliphatic rings. The smallest absolute Gasteiger partial charge is 0.265 e. The summed E-state index contributed by atoms with van der Waals surface area (Å²) >= 11 is 0. The molecule has 0 bridgehead atoms. The largest absolute Gasteiger partial charge is 0.338 e. The second-order valence-corrected chi connectivity index (χ2v) is 5.14. The maximum atomic E-state index is 11.9. The summed E-state index contributed by atoms with van der Waals surface area (Å²) in [5.74, 6) is 5.55. The van der Waals surface area contributed by atoms with Gasteiger partial charge in [-0.3, -0.25) is 0 Å². The third-order valence-electron chi connectivity index (χ3n) is 2.06. The summed E-state index contributed by atoms with van der Waals surface area (Å²) in [5, 5.41) is 3.58. The molecule has 0 aromatic carbocycles. The van der Waals surface area contributed by atoms with E-state index in [0.717, 1.165) is 0 Å². The Labute approximate surface area is 103 Å². The first-order valence-corrected chi connectivity index (χ1v) is 6.38. The number of nitrogens with zero attached hydrogens (tertiary/aromatic N) is 2. The van der Waals surface area contributed by atoms with Gasteiger partial charge in [0.25, 0.3) is 10.0 Å². The van der Waals surface area contributed by atoms with Gasteiger partial charge in [-0.15, -0.1) is 0 Å². The first-order chi connectivity index (χ1) is 8.51. The Morgan fingerprint density at radius 2 is 2.17 bits per heavy atom. The molecule has 0 aliphatic carbocycles. The monoisotopic (exact) mass is 269 g/mol. The summed E-state index contributed by atoms with van der Waals surface area (Å²) in [4.78, 5) is 3.80. The molecular formula is C9H11N5O3S. The number of rotatable bonds is 4. The molecule has 2 rings (SSSR count). The molecule has 0 saturated carbocycles. The third kappa shape index (κ3) is 2.57. The quantitative estimate of drug-likeness (QED) is 0.544. The lowest BCUT2D eigenvalue weighted by molar-refractivity contribution is 0.430. The molecule has 0 saturated heterocycles. The highest BCUT2D eigenvalue weighted by Gasteiger charge is 2.16. The van der Waals surface area contributed by atoms with Crippen molar-refractivity contribution < 1.29 is 12.9 Å². The third-order valence-corrected chi connectivity index (χ3v) is 3.39. The van der Waals surface area contributed by atoms with Gasteiger partial charge in [0.05, 0.1) is 5.69 Å². The van der Waals surface area contributed by atoms with Crippen LogP contribution in [0.3, 0.4) is 0 Å². The number of aromatic nitrogens is 2. The van der Waals surface area contributed by atoms with Crippen LogP contribution in [0.4, 0.5) is 11.7 Å². The van der Waals surface area contributed by atoms with E-state index < -0.39 is 10.0 Å². The van der Waals surface area contributed by atoms with Crippen LogP contribution in [-0.2, 0) is 10.0 Å². The second-order valence-electron chi connectivity index (χ2n) is 3.46. The number of nitrogens with one attached hydrogen (secondary N) is 2. The molecule has 0 spiro atoms. The van der Waals surface area contributed by atoms with Crippen LogP contribution in [0.5, 0.6) is 0 Å². The van der Waals surface area contributed by atoms with Crippen LogP contribution in [0, 0.1) is 6.92 Å². The van der Waals surface area contributed by atoms with Crippen molar-refractivity contribution in [2.75, 3.05) is 10.1 Å². The number of nitrogen functional groups attached to an aromatic ring is 1. The van der Waals surface area contributed by atoms with Crippen molar-refractivity contribution in [2.45, 2.75) is 11.8 Å². The molecule has 0 radical (unpaired) electrons. The molecular weight excluding hydrogens is 258 g/mol. The molecule has 0 atom stereocenters. The number of hydrogen-bond acceptors (Lipinski definition) is 7. The number of hydrogen-bond donors (Lipinski definition) is 3. The average molecular weight is 269 g/mol. The molecule has 9 heteroatoms. The highest BCUT2D eigenvalue weighted by molar-refractivity contribution is 7.92. The average Bonchev–Trinajstić information content (AvgIpc) is 2.74. The summed E-state index contributed by atoms with van der Waals surface area (Å²) in [7, 11) is -3.74. The van der Waals surface area contributed by atoms with E-state index >= 15 is 0 Å². The molecule has 8 nitrogen and oxygen atoms in total. The van der Waals surface area contributed by atoms with Gasteiger partial charge in [-0.05, 0) is 19.1 Å².